The van der Waals surface area contributed by atoms with Crippen molar-refractivity contribution in [1.82, 2.24) is 5.32 Å². The molecule has 0 heterocycles. The summed E-state index contributed by atoms with van der Waals surface area (Å²) < 4.78 is 21.5. The van der Waals surface area contributed by atoms with Gasteiger partial charge < -0.3 is 24.3 Å². The van der Waals surface area contributed by atoms with Crippen LogP contribution < -0.4 is 5.32 Å². The highest BCUT2D eigenvalue weighted by Crippen LogP contribution is 1.88. The van der Waals surface area contributed by atoms with Gasteiger partial charge in [-0.15, -0.1) is 0 Å². The van der Waals surface area contributed by atoms with Gasteiger partial charge in [0.05, 0.1) is 46.2 Å². The number of rotatable bonds is 17. The SMILES string of the molecule is CCCCOCCOCCOCCOCCNC(=O)CCC.[HH]. The van der Waals surface area contributed by atoms with Crippen LogP contribution in [0.15, 0.2) is 0 Å². The first kappa shape index (κ1) is 21.3. The van der Waals surface area contributed by atoms with Crippen molar-refractivity contribution in [3.8, 4) is 0 Å². The average Bonchev–Trinajstić information content (AvgIpc) is 2.51. The maximum Gasteiger partial charge on any atom is 0.220 e. The first-order valence-corrected chi connectivity index (χ1v) is 8.38. The molecule has 0 saturated heterocycles. The molecule has 0 aromatic carbocycles. The molecule has 0 aromatic rings. The summed E-state index contributed by atoms with van der Waals surface area (Å²) >= 11 is 0. The molecule has 0 radical (unpaired) electrons. The summed E-state index contributed by atoms with van der Waals surface area (Å²) in [5.74, 6) is 0.0816. The summed E-state index contributed by atoms with van der Waals surface area (Å²) in [4.78, 5) is 11.2. The second kappa shape index (κ2) is 18.4. The van der Waals surface area contributed by atoms with E-state index in [1.807, 2.05) is 6.92 Å². The summed E-state index contributed by atoms with van der Waals surface area (Å²) in [6.45, 7) is 9.48. The van der Waals surface area contributed by atoms with Gasteiger partial charge in [-0.05, 0) is 12.8 Å². The summed E-state index contributed by atoms with van der Waals surface area (Å²) in [5.41, 5.74) is 0. The molecule has 134 valence electrons. The molecule has 1 N–H and O–H groups in total. The number of hydrogen-bond donors (Lipinski definition) is 1. The molecule has 0 unspecified atom stereocenters. The summed E-state index contributed by atoms with van der Waals surface area (Å²) in [5, 5.41) is 2.79. The van der Waals surface area contributed by atoms with Crippen LogP contribution in [0.3, 0.4) is 0 Å². The molecule has 0 rings (SSSR count). The van der Waals surface area contributed by atoms with Crippen molar-refractivity contribution in [2.75, 3.05) is 59.4 Å². The van der Waals surface area contributed by atoms with Gasteiger partial charge in [-0.3, -0.25) is 4.79 Å². The number of carbonyl (C=O) groups is 1. The van der Waals surface area contributed by atoms with E-state index in [1.54, 1.807) is 0 Å². The Morgan fingerprint density at radius 3 is 1.77 bits per heavy atom. The zero-order valence-corrected chi connectivity index (χ0v) is 14.2. The predicted octanol–water partition coefficient (Wildman–Crippen LogP) is 2.02. The Bertz CT molecular complexity index is 245. The Hall–Kier alpha value is -0.690. The van der Waals surface area contributed by atoms with Crippen molar-refractivity contribution in [3.05, 3.63) is 0 Å². The maximum absolute atomic E-state index is 11.2. The van der Waals surface area contributed by atoms with Crippen molar-refractivity contribution in [3.63, 3.8) is 0 Å². The van der Waals surface area contributed by atoms with Crippen LogP contribution in [0.25, 0.3) is 0 Å². The molecule has 6 nitrogen and oxygen atoms in total. The summed E-state index contributed by atoms with van der Waals surface area (Å²) in [7, 11) is 0. The fourth-order valence-corrected chi connectivity index (χ4v) is 1.59. The van der Waals surface area contributed by atoms with Crippen LogP contribution in [0.5, 0.6) is 0 Å². The summed E-state index contributed by atoms with van der Waals surface area (Å²) in [6.07, 6.45) is 3.70. The van der Waals surface area contributed by atoms with Gasteiger partial charge in [-0.25, -0.2) is 0 Å². The second-order valence-corrected chi connectivity index (χ2v) is 4.90. The molecule has 1 amide bonds. The monoisotopic (exact) mass is 321 g/mol. The fraction of sp³-hybridized carbons (Fsp3) is 0.938. The van der Waals surface area contributed by atoms with E-state index in [1.165, 1.54) is 0 Å². The standard InChI is InChI=1S/C16H33NO5.H2/c1-3-5-8-19-10-12-21-14-15-22-13-11-20-9-7-17-16(18)6-4-2;/h3-15H2,1-2H3,(H,17,18);1H. The minimum Gasteiger partial charge on any atom is -0.379 e. The number of unbranched alkanes of at least 4 members (excludes halogenated alkanes) is 1. The normalized spacial score (nSPS) is 10.8. The zero-order valence-electron chi connectivity index (χ0n) is 14.2. The maximum atomic E-state index is 11.2. The van der Waals surface area contributed by atoms with Crippen LogP contribution in [-0.4, -0.2) is 65.3 Å². The minimum absolute atomic E-state index is 0. The molecule has 0 bridgehead atoms. The van der Waals surface area contributed by atoms with Gasteiger partial charge >= 0.3 is 0 Å². The third kappa shape index (κ3) is 17.4. The summed E-state index contributed by atoms with van der Waals surface area (Å²) in [6, 6.07) is 0. The van der Waals surface area contributed by atoms with E-state index in [2.05, 4.69) is 12.2 Å². The van der Waals surface area contributed by atoms with Crippen molar-refractivity contribution >= 4 is 5.91 Å². The number of hydrogen-bond acceptors (Lipinski definition) is 5. The van der Waals surface area contributed by atoms with Crippen molar-refractivity contribution in [2.45, 2.75) is 39.5 Å². The Morgan fingerprint density at radius 1 is 0.773 bits per heavy atom. The Morgan fingerprint density at radius 2 is 1.27 bits per heavy atom. The van der Waals surface area contributed by atoms with Crippen molar-refractivity contribution in [1.29, 1.82) is 0 Å². The van der Waals surface area contributed by atoms with Gasteiger partial charge in [0.25, 0.3) is 0 Å². The molecule has 0 aliphatic heterocycles. The van der Waals surface area contributed by atoms with E-state index < -0.39 is 0 Å². The van der Waals surface area contributed by atoms with E-state index >= 15 is 0 Å². The highest BCUT2D eigenvalue weighted by molar-refractivity contribution is 5.75. The molecular weight excluding hydrogens is 286 g/mol. The van der Waals surface area contributed by atoms with Crippen molar-refractivity contribution in [2.24, 2.45) is 0 Å². The molecule has 22 heavy (non-hydrogen) atoms. The van der Waals surface area contributed by atoms with Gasteiger partial charge in [0.1, 0.15) is 0 Å². The lowest BCUT2D eigenvalue weighted by Gasteiger charge is -2.08. The minimum atomic E-state index is 0. The number of nitrogens with one attached hydrogen (secondary N) is 1. The first-order valence-electron chi connectivity index (χ1n) is 8.38. The predicted molar refractivity (Wildman–Crippen MR) is 88.2 cm³/mol. The lowest BCUT2D eigenvalue weighted by atomic mass is 10.3. The lowest BCUT2D eigenvalue weighted by molar-refractivity contribution is -0.121. The van der Waals surface area contributed by atoms with Crippen LogP contribution in [-0.2, 0) is 23.7 Å². The van der Waals surface area contributed by atoms with E-state index in [0.29, 0.717) is 59.2 Å². The third-order valence-corrected chi connectivity index (χ3v) is 2.80. The highest BCUT2D eigenvalue weighted by Gasteiger charge is 1.97. The van der Waals surface area contributed by atoms with E-state index in [-0.39, 0.29) is 7.33 Å². The van der Waals surface area contributed by atoms with Crippen LogP contribution in [0.2, 0.25) is 0 Å². The first-order chi connectivity index (χ1) is 10.8. The van der Waals surface area contributed by atoms with Crippen LogP contribution >= 0.6 is 0 Å². The third-order valence-electron chi connectivity index (χ3n) is 2.80. The Labute approximate surface area is 136 Å². The molecule has 0 atom stereocenters. The molecule has 0 aliphatic carbocycles. The largest absolute Gasteiger partial charge is 0.379 e. The van der Waals surface area contributed by atoms with Crippen LogP contribution in [0, 0.1) is 0 Å². The fourth-order valence-electron chi connectivity index (χ4n) is 1.59. The van der Waals surface area contributed by atoms with Gasteiger partial charge in [0, 0.05) is 21.0 Å². The number of amides is 1. The molecule has 0 spiro atoms. The smallest absolute Gasteiger partial charge is 0.220 e. The topological polar surface area (TPSA) is 66.0 Å². The molecule has 6 heteroatoms. The Kier molecular flexibility index (Phi) is 17.8. The molecule has 0 saturated carbocycles. The number of carbonyl (C=O) groups excluding carboxylic acids is 1. The van der Waals surface area contributed by atoms with Gasteiger partial charge in [0.2, 0.25) is 5.91 Å². The highest BCUT2D eigenvalue weighted by atomic mass is 16.6. The Balaban J connectivity index is 0. The van der Waals surface area contributed by atoms with Gasteiger partial charge in [0.15, 0.2) is 0 Å². The van der Waals surface area contributed by atoms with Crippen LogP contribution in [0.4, 0.5) is 0 Å². The van der Waals surface area contributed by atoms with E-state index in [0.717, 1.165) is 25.9 Å². The lowest BCUT2D eigenvalue weighted by Crippen LogP contribution is -2.27. The van der Waals surface area contributed by atoms with E-state index in [4.69, 9.17) is 18.9 Å². The molecule has 0 aliphatic rings. The quantitative estimate of drug-likeness (QED) is 0.415. The van der Waals surface area contributed by atoms with Gasteiger partial charge in [-0.1, -0.05) is 20.3 Å². The average molecular weight is 321 g/mol. The zero-order chi connectivity index (χ0) is 16.3. The second-order valence-electron chi connectivity index (χ2n) is 4.90. The molecule has 0 fully saturated rings. The molecular formula is C16H35NO5. The van der Waals surface area contributed by atoms with Gasteiger partial charge in [-0.2, -0.15) is 0 Å². The van der Waals surface area contributed by atoms with E-state index in [9.17, 15) is 4.79 Å². The van der Waals surface area contributed by atoms with Crippen molar-refractivity contribution < 1.29 is 25.2 Å². The van der Waals surface area contributed by atoms with Crippen LogP contribution in [0.1, 0.15) is 41.0 Å². The number of ether oxygens (including phenoxy) is 4. The molecule has 0 aromatic heterocycles.